The number of aromatic hydroxyl groups is 1. The molecule has 0 amide bonds. The van der Waals surface area contributed by atoms with E-state index >= 15 is 0 Å². The molecule has 1 aliphatic heterocycles. The number of phenols is 1. The van der Waals surface area contributed by atoms with Crippen LogP contribution in [0, 0.1) is 25.2 Å². The first-order valence-corrected chi connectivity index (χ1v) is 18.7. The normalized spacial score (nSPS) is 12.8. The molecular weight excluding hydrogens is 684 g/mol. The molecule has 9 heteroatoms. The average Bonchev–Trinajstić information content (AvgIpc) is 3.70. The summed E-state index contributed by atoms with van der Waals surface area (Å²) < 4.78 is 19.0. The molecule has 4 aromatic carbocycles. The quantitative estimate of drug-likeness (QED) is 0.0916. The second kappa shape index (κ2) is 18.6. The fraction of sp³-hybridized carbons (Fsp3) is 0.318. The van der Waals surface area contributed by atoms with E-state index in [4.69, 9.17) is 25.8 Å². The molecule has 2 heterocycles. The van der Waals surface area contributed by atoms with Gasteiger partial charge in [0.05, 0.1) is 17.2 Å². The van der Waals surface area contributed by atoms with Gasteiger partial charge in [0.2, 0.25) is 0 Å². The number of likely N-dealkylation sites (tertiary alicyclic amines) is 1. The Bertz CT molecular complexity index is 2020. The van der Waals surface area contributed by atoms with Crippen LogP contribution in [0.4, 0.5) is 0 Å². The molecule has 0 bridgehead atoms. The number of hydrogen-bond acceptors (Lipinski definition) is 8. The van der Waals surface area contributed by atoms with E-state index in [-0.39, 0.29) is 12.4 Å². The van der Waals surface area contributed by atoms with E-state index in [9.17, 15) is 10.4 Å². The second-order valence-corrected chi connectivity index (χ2v) is 13.9. The topological polar surface area (TPSA) is 99.9 Å². The van der Waals surface area contributed by atoms with Crippen LogP contribution in [0.5, 0.6) is 23.0 Å². The molecule has 274 valence electrons. The average molecular weight is 731 g/mol. The van der Waals surface area contributed by atoms with Gasteiger partial charge in [-0.05, 0) is 123 Å². The molecule has 0 radical (unpaired) electrons. The molecule has 6 rings (SSSR count). The first kappa shape index (κ1) is 37.7. The lowest BCUT2D eigenvalue weighted by Gasteiger charge is -2.19. The lowest BCUT2D eigenvalue weighted by Crippen LogP contribution is -2.22. The van der Waals surface area contributed by atoms with Gasteiger partial charge in [-0.15, -0.1) is 0 Å². The number of ether oxygens (including phenoxy) is 3. The van der Waals surface area contributed by atoms with Crippen LogP contribution >= 0.6 is 11.6 Å². The zero-order valence-electron chi connectivity index (χ0n) is 30.5. The molecule has 0 saturated carbocycles. The number of rotatable bonds is 17. The molecule has 2 N–H and O–H groups in total. The van der Waals surface area contributed by atoms with E-state index in [1.54, 1.807) is 24.4 Å². The van der Waals surface area contributed by atoms with Crippen LogP contribution in [0.2, 0.25) is 5.02 Å². The first-order chi connectivity index (χ1) is 25.9. The van der Waals surface area contributed by atoms with E-state index < -0.39 is 0 Å². The van der Waals surface area contributed by atoms with E-state index in [0.717, 1.165) is 76.2 Å². The zero-order valence-corrected chi connectivity index (χ0v) is 31.3. The van der Waals surface area contributed by atoms with Crippen molar-refractivity contribution in [1.82, 2.24) is 15.2 Å². The molecule has 0 spiro atoms. The summed E-state index contributed by atoms with van der Waals surface area (Å²) in [6, 6.07) is 27.4. The minimum absolute atomic E-state index is 0.228. The van der Waals surface area contributed by atoms with Gasteiger partial charge in [-0.25, -0.2) is 0 Å². The third-order valence-corrected chi connectivity index (χ3v) is 10.0. The minimum atomic E-state index is 0.228. The van der Waals surface area contributed by atoms with Crippen molar-refractivity contribution in [3.05, 3.63) is 135 Å². The molecule has 1 aromatic heterocycles. The molecule has 0 atom stereocenters. The summed E-state index contributed by atoms with van der Waals surface area (Å²) in [6.07, 6.45) is 7.66. The Balaban J connectivity index is 1.14. The number of hydrogen-bond donors (Lipinski definition) is 2. The standard InChI is InChI=1S/C44H47ClN4O4/c1-31-36(8-5-9-39(31)40-10-6-11-42(32(40)2)51-21-7-20-49-18-3-4-19-49)30-53-44-24-43(52-29-35-22-34(25-46)26-48-27-35)37(23-41(44)45)28-47-17-16-33-12-14-38(50)15-13-33/h5-6,8-15,22-24,26-27,47,50H,3-4,7,16-21,28-30H2,1-2H3. The van der Waals surface area contributed by atoms with Gasteiger partial charge in [0.15, 0.2) is 0 Å². The second-order valence-electron chi connectivity index (χ2n) is 13.5. The number of nitrogens with one attached hydrogen (secondary N) is 1. The van der Waals surface area contributed by atoms with Crippen LogP contribution in [-0.2, 0) is 26.2 Å². The van der Waals surface area contributed by atoms with Crippen molar-refractivity contribution >= 4 is 11.6 Å². The highest BCUT2D eigenvalue weighted by Gasteiger charge is 2.16. The van der Waals surface area contributed by atoms with Crippen molar-refractivity contribution in [1.29, 1.82) is 5.26 Å². The summed E-state index contributed by atoms with van der Waals surface area (Å²) in [7, 11) is 0. The van der Waals surface area contributed by atoms with Gasteiger partial charge < -0.3 is 29.5 Å². The molecule has 1 fully saturated rings. The summed E-state index contributed by atoms with van der Waals surface area (Å²) >= 11 is 6.85. The van der Waals surface area contributed by atoms with Gasteiger partial charge in [-0.3, -0.25) is 4.98 Å². The van der Waals surface area contributed by atoms with Gasteiger partial charge in [-0.1, -0.05) is 54.1 Å². The lowest BCUT2D eigenvalue weighted by atomic mass is 9.93. The number of aromatic nitrogens is 1. The third-order valence-electron chi connectivity index (χ3n) is 9.75. The lowest BCUT2D eigenvalue weighted by molar-refractivity contribution is 0.262. The Morgan fingerprint density at radius 2 is 1.57 bits per heavy atom. The maximum absolute atomic E-state index is 9.59. The summed E-state index contributed by atoms with van der Waals surface area (Å²) in [5.41, 5.74) is 8.86. The smallest absolute Gasteiger partial charge is 0.142 e. The summed E-state index contributed by atoms with van der Waals surface area (Å²) in [5, 5.41) is 22.9. The summed E-state index contributed by atoms with van der Waals surface area (Å²) in [5.74, 6) is 2.32. The maximum atomic E-state index is 9.59. The van der Waals surface area contributed by atoms with Crippen molar-refractivity contribution < 1.29 is 19.3 Å². The Morgan fingerprint density at radius 1 is 0.811 bits per heavy atom. The van der Waals surface area contributed by atoms with Gasteiger partial charge >= 0.3 is 0 Å². The van der Waals surface area contributed by atoms with Gasteiger partial charge in [0.1, 0.15) is 42.3 Å². The molecule has 5 aromatic rings. The monoisotopic (exact) mass is 730 g/mol. The van der Waals surface area contributed by atoms with Crippen LogP contribution in [0.1, 0.15) is 58.2 Å². The van der Waals surface area contributed by atoms with E-state index in [0.29, 0.717) is 41.8 Å². The van der Waals surface area contributed by atoms with Crippen molar-refractivity contribution in [2.75, 3.05) is 32.8 Å². The van der Waals surface area contributed by atoms with E-state index in [1.165, 1.54) is 32.1 Å². The van der Waals surface area contributed by atoms with E-state index in [1.807, 2.05) is 24.3 Å². The highest BCUT2D eigenvalue weighted by Crippen LogP contribution is 2.36. The Kier molecular flexibility index (Phi) is 13.2. The number of pyridine rings is 1. The Labute approximate surface area is 317 Å². The van der Waals surface area contributed by atoms with Crippen LogP contribution < -0.4 is 19.5 Å². The van der Waals surface area contributed by atoms with Gasteiger partial charge in [0.25, 0.3) is 0 Å². The van der Waals surface area contributed by atoms with Crippen LogP contribution in [-0.4, -0.2) is 47.8 Å². The number of nitrogens with zero attached hydrogens (tertiary/aromatic N) is 3. The molecule has 8 nitrogen and oxygen atoms in total. The largest absolute Gasteiger partial charge is 0.508 e. The number of halogens is 1. The van der Waals surface area contributed by atoms with Crippen molar-refractivity contribution in [2.24, 2.45) is 0 Å². The fourth-order valence-electron chi connectivity index (χ4n) is 6.69. The SMILES string of the molecule is Cc1c(COc2cc(OCc3cncc(C#N)c3)c(CNCCc3ccc(O)cc3)cc2Cl)cccc1-c1cccc(OCCCN2CCCC2)c1C. The molecule has 1 saturated heterocycles. The molecule has 53 heavy (non-hydrogen) atoms. The van der Waals surface area contributed by atoms with Crippen molar-refractivity contribution in [2.45, 2.75) is 59.3 Å². The molecule has 0 unspecified atom stereocenters. The predicted molar refractivity (Wildman–Crippen MR) is 210 cm³/mol. The third kappa shape index (κ3) is 10.3. The van der Waals surface area contributed by atoms with Gasteiger partial charge in [-0.2, -0.15) is 5.26 Å². The minimum Gasteiger partial charge on any atom is -0.508 e. The van der Waals surface area contributed by atoms with Gasteiger partial charge in [0, 0.05) is 42.7 Å². The predicted octanol–water partition coefficient (Wildman–Crippen LogP) is 8.95. The van der Waals surface area contributed by atoms with Crippen LogP contribution in [0.25, 0.3) is 11.1 Å². The zero-order chi connectivity index (χ0) is 37.0. The summed E-state index contributed by atoms with van der Waals surface area (Å²) in [6.45, 7) is 10.3. The highest BCUT2D eigenvalue weighted by atomic mass is 35.5. The van der Waals surface area contributed by atoms with Crippen molar-refractivity contribution in [3.8, 4) is 40.2 Å². The van der Waals surface area contributed by atoms with Crippen LogP contribution in [0.15, 0.2) is 91.3 Å². The molecule has 1 aliphatic rings. The maximum Gasteiger partial charge on any atom is 0.142 e. The van der Waals surface area contributed by atoms with Crippen molar-refractivity contribution in [3.63, 3.8) is 0 Å². The molecular formula is C44H47ClN4O4. The Hall–Kier alpha value is -5.07. The fourth-order valence-corrected chi connectivity index (χ4v) is 6.93. The number of nitriles is 1. The molecule has 0 aliphatic carbocycles. The number of benzene rings is 4. The Morgan fingerprint density at radius 3 is 2.36 bits per heavy atom. The number of phenolic OH excluding ortho intramolecular Hbond substituents is 1. The summed E-state index contributed by atoms with van der Waals surface area (Å²) in [4.78, 5) is 6.69. The highest BCUT2D eigenvalue weighted by molar-refractivity contribution is 6.32. The first-order valence-electron chi connectivity index (χ1n) is 18.3. The van der Waals surface area contributed by atoms with Crippen LogP contribution in [0.3, 0.4) is 0 Å². The van der Waals surface area contributed by atoms with E-state index in [2.05, 4.69) is 71.5 Å².